The number of aryl methyl sites for hydroxylation is 1. The molecule has 2 N–H and O–H groups in total. The van der Waals surface area contributed by atoms with Crippen LogP contribution in [-0.4, -0.2) is 47.1 Å². The molecule has 1 aliphatic heterocycles. The van der Waals surface area contributed by atoms with Gasteiger partial charge in [0.05, 0.1) is 0 Å². The first-order valence-corrected chi connectivity index (χ1v) is 6.32. The van der Waals surface area contributed by atoms with Crippen molar-refractivity contribution in [3.63, 3.8) is 0 Å². The average Bonchev–Trinajstić information content (AvgIpc) is 3.12. The van der Waals surface area contributed by atoms with Crippen LogP contribution in [0.4, 0.5) is 11.6 Å². The van der Waals surface area contributed by atoms with E-state index in [1.165, 1.54) is 12.8 Å². The Morgan fingerprint density at radius 1 is 1.18 bits per heavy atom. The normalized spacial score (nSPS) is 21.8. The third-order valence-electron chi connectivity index (χ3n) is 3.55. The number of nitrogens with two attached hydrogens (primary N) is 1. The Hall–Kier alpha value is -1.36. The first kappa shape index (κ1) is 10.8. The van der Waals surface area contributed by atoms with E-state index in [1.807, 2.05) is 13.0 Å². The maximum atomic E-state index is 5.76. The van der Waals surface area contributed by atoms with Crippen molar-refractivity contribution in [3.8, 4) is 0 Å². The van der Waals surface area contributed by atoms with Crippen LogP contribution in [-0.2, 0) is 0 Å². The van der Waals surface area contributed by atoms with E-state index in [4.69, 9.17) is 5.73 Å². The molecule has 1 saturated heterocycles. The molecule has 1 aliphatic carbocycles. The van der Waals surface area contributed by atoms with E-state index < -0.39 is 0 Å². The van der Waals surface area contributed by atoms with Crippen LogP contribution in [0, 0.1) is 6.92 Å². The lowest BCUT2D eigenvalue weighted by molar-refractivity contribution is 0.247. The summed E-state index contributed by atoms with van der Waals surface area (Å²) in [5, 5.41) is 0. The quantitative estimate of drug-likeness (QED) is 0.813. The zero-order valence-electron chi connectivity index (χ0n) is 10.3. The maximum Gasteiger partial charge on any atom is 0.134 e. The van der Waals surface area contributed by atoms with Crippen LogP contribution < -0.4 is 10.6 Å². The van der Waals surface area contributed by atoms with Gasteiger partial charge in [-0.3, -0.25) is 4.90 Å². The van der Waals surface area contributed by atoms with Gasteiger partial charge in [0.1, 0.15) is 17.5 Å². The van der Waals surface area contributed by atoms with Crippen molar-refractivity contribution < 1.29 is 0 Å². The highest BCUT2D eigenvalue weighted by Gasteiger charge is 2.31. The zero-order valence-corrected chi connectivity index (χ0v) is 10.3. The summed E-state index contributed by atoms with van der Waals surface area (Å²) in [5.74, 6) is 2.30. The lowest BCUT2D eigenvalue weighted by atomic mass is 10.3. The van der Waals surface area contributed by atoms with Crippen molar-refractivity contribution in [1.29, 1.82) is 0 Å². The largest absolute Gasteiger partial charge is 0.384 e. The SMILES string of the molecule is Cc1nc(N)cc(N2CCN(C3CC3)CC2)n1. The minimum Gasteiger partial charge on any atom is -0.384 e. The fraction of sp³-hybridized carbons (Fsp3) is 0.667. The second kappa shape index (κ2) is 4.14. The second-order valence-electron chi connectivity index (χ2n) is 4.95. The van der Waals surface area contributed by atoms with E-state index in [2.05, 4.69) is 19.8 Å². The molecule has 0 bridgehead atoms. The highest BCUT2D eigenvalue weighted by atomic mass is 15.3. The minimum absolute atomic E-state index is 0.567. The van der Waals surface area contributed by atoms with Gasteiger partial charge < -0.3 is 10.6 Å². The Kier molecular flexibility index (Phi) is 2.63. The van der Waals surface area contributed by atoms with Crippen molar-refractivity contribution >= 4 is 11.6 Å². The van der Waals surface area contributed by atoms with Crippen molar-refractivity contribution in [3.05, 3.63) is 11.9 Å². The van der Waals surface area contributed by atoms with E-state index in [0.29, 0.717) is 5.82 Å². The van der Waals surface area contributed by atoms with Crippen LogP contribution in [0.25, 0.3) is 0 Å². The second-order valence-corrected chi connectivity index (χ2v) is 4.95. The highest BCUT2D eigenvalue weighted by Crippen LogP contribution is 2.28. The van der Waals surface area contributed by atoms with Gasteiger partial charge in [0.25, 0.3) is 0 Å². The van der Waals surface area contributed by atoms with E-state index in [0.717, 1.165) is 43.9 Å². The molecule has 1 aromatic rings. The summed E-state index contributed by atoms with van der Waals surface area (Å²) in [4.78, 5) is 13.5. The Balaban J connectivity index is 1.68. The third-order valence-corrected chi connectivity index (χ3v) is 3.55. The predicted molar refractivity (Wildman–Crippen MR) is 68.0 cm³/mol. The number of nitrogen functional groups attached to an aromatic ring is 1. The summed E-state index contributed by atoms with van der Waals surface area (Å²) in [5.41, 5.74) is 5.76. The molecule has 2 aliphatic rings. The molecular weight excluding hydrogens is 214 g/mol. The minimum atomic E-state index is 0.567. The van der Waals surface area contributed by atoms with E-state index in [-0.39, 0.29) is 0 Å². The molecule has 2 heterocycles. The lowest BCUT2D eigenvalue weighted by Gasteiger charge is -2.35. The van der Waals surface area contributed by atoms with Crippen LogP contribution in [0.3, 0.4) is 0 Å². The van der Waals surface area contributed by atoms with E-state index in [9.17, 15) is 0 Å². The van der Waals surface area contributed by atoms with Crippen LogP contribution in [0.15, 0.2) is 6.07 Å². The summed E-state index contributed by atoms with van der Waals surface area (Å²) in [7, 11) is 0. The summed E-state index contributed by atoms with van der Waals surface area (Å²) in [6, 6.07) is 2.74. The van der Waals surface area contributed by atoms with Gasteiger partial charge in [0.15, 0.2) is 0 Å². The molecule has 5 heteroatoms. The van der Waals surface area contributed by atoms with E-state index in [1.54, 1.807) is 0 Å². The molecule has 5 nitrogen and oxygen atoms in total. The van der Waals surface area contributed by atoms with Crippen LogP contribution in [0.5, 0.6) is 0 Å². The number of nitrogens with zero attached hydrogens (tertiary/aromatic N) is 4. The van der Waals surface area contributed by atoms with Gasteiger partial charge in [-0.1, -0.05) is 0 Å². The fourth-order valence-corrected chi connectivity index (χ4v) is 2.49. The topological polar surface area (TPSA) is 58.3 Å². The molecule has 2 fully saturated rings. The van der Waals surface area contributed by atoms with E-state index >= 15 is 0 Å². The first-order valence-electron chi connectivity index (χ1n) is 6.32. The standard InChI is InChI=1S/C12H19N5/c1-9-14-11(13)8-12(15-9)17-6-4-16(5-7-17)10-2-3-10/h8,10H,2-7H2,1H3,(H2,13,14,15). The van der Waals surface area contributed by atoms with Crippen LogP contribution in [0.1, 0.15) is 18.7 Å². The third kappa shape index (κ3) is 2.34. The lowest BCUT2D eigenvalue weighted by Crippen LogP contribution is -2.47. The molecule has 92 valence electrons. The number of aromatic nitrogens is 2. The Bertz CT molecular complexity index is 387. The summed E-state index contributed by atoms with van der Waals surface area (Å²) < 4.78 is 0. The molecule has 0 unspecified atom stereocenters. The number of rotatable bonds is 2. The molecule has 3 rings (SSSR count). The van der Waals surface area contributed by atoms with Crippen molar-refractivity contribution in [1.82, 2.24) is 14.9 Å². The molecular formula is C12H19N5. The molecule has 1 aromatic heterocycles. The zero-order chi connectivity index (χ0) is 11.8. The van der Waals surface area contributed by atoms with Crippen molar-refractivity contribution in [2.24, 2.45) is 0 Å². The van der Waals surface area contributed by atoms with Gasteiger partial charge >= 0.3 is 0 Å². The maximum absolute atomic E-state index is 5.76. The molecule has 17 heavy (non-hydrogen) atoms. The summed E-state index contributed by atoms with van der Waals surface area (Å²) in [6.45, 7) is 6.28. The number of anilines is 2. The summed E-state index contributed by atoms with van der Waals surface area (Å²) >= 11 is 0. The summed E-state index contributed by atoms with van der Waals surface area (Å²) in [6.07, 6.45) is 2.78. The predicted octanol–water partition coefficient (Wildman–Crippen LogP) is 0.652. The number of hydrogen-bond donors (Lipinski definition) is 1. The number of piperazine rings is 1. The Labute approximate surface area is 102 Å². The first-order chi connectivity index (χ1) is 8.22. The van der Waals surface area contributed by atoms with Gasteiger partial charge in [-0.25, -0.2) is 9.97 Å². The monoisotopic (exact) mass is 233 g/mol. The average molecular weight is 233 g/mol. The Morgan fingerprint density at radius 3 is 2.47 bits per heavy atom. The molecule has 0 spiro atoms. The smallest absolute Gasteiger partial charge is 0.134 e. The fourth-order valence-electron chi connectivity index (χ4n) is 2.49. The van der Waals surface area contributed by atoms with Gasteiger partial charge in [0, 0.05) is 38.3 Å². The van der Waals surface area contributed by atoms with Gasteiger partial charge in [-0.05, 0) is 19.8 Å². The van der Waals surface area contributed by atoms with Gasteiger partial charge in [0.2, 0.25) is 0 Å². The molecule has 1 saturated carbocycles. The Morgan fingerprint density at radius 2 is 1.88 bits per heavy atom. The molecule has 0 amide bonds. The van der Waals surface area contributed by atoms with Gasteiger partial charge in [-0.15, -0.1) is 0 Å². The van der Waals surface area contributed by atoms with Crippen molar-refractivity contribution in [2.75, 3.05) is 36.8 Å². The number of hydrogen-bond acceptors (Lipinski definition) is 5. The molecule has 0 aromatic carbocycles. The van der Waals surface area contributed by atoms with Gasteiger partial charge in [-0.2, -0.15) is 0 Å². The van der Waals surface area contributed by atoms with Crippen molar-refractivity contribution in [2.45, 2.75) is 25.8 Å². The van der Waals surface area contributed by atoms with Crippen LogP contribution in [0.2, 0.25) is 0 Å². The molecule has 0 atom stereocenters. The van der Waals surface area contributed by atoms with Crippen LogP contribution >= 0.6 is 0 Å². The molecule has 0 radical (unpaired) electrons. The highest BCUT2D eigenvalue weighted by molar-refractivity contribution is 5.47.